The fourth-order valence-electron chi connectivity index (χ4n) is 2.33. The van der Waals surface area contributed by atoms with Crippen LogP contribution in [0, 0.1) is 0 Å². The molecule has 1 heterocycles. The van der Waals surface area contributed by atoms with Crippen molar-refractivity contribution in [3.05, 3.63) is 68.5 Å². The van der Waals surface area contributed by atoms with E-state index in [0.29, 0.717) is 34.0 Å². The van der Waals surface area contributed by atoms with Crippen molar-refractivity contribution in [1.82, 2.24) is 0 Å². The Hall–Kier alpha value is -2.50. The number of amides is 1. The zero-order valence-electron chi connectivity index (χ0n) is 13.1. The zero-order chi connectivity index (χ0) is 18.0. The minimum Gasteiger partial charge on any atom is -0.490 e. The van der Waals surface area contributed by atoms with E-state index in [4.69, 9.17) is 32.4 Å². The van der Waals surface area contributed by atoms with Crippen LogP contribution >= 0.6 is 23.2 Å². The Morgan fingerprint density at radius 3 is 2.72 bits per heavy atom. The molecule has 5 nitrogen and oxygen atoms in total. The molecule has 25 heavy (non-hydrogen) atoms. The topological polar surface area (TPSA) is 68.5 Å². The van der Waals surface area contributed by atoms with E-state index in [9.17, 15) is 9.59 Å². The van der Waals surface area contributed by atoms with Crippen LogP contribution in [-0.2, 0) is 0 Å². The van der Waals surface area contributed by atoms with Gasteiger partial charge in [-0.05, 0) is 37.3 Å². The van der Waals surface area contributed by atoms with Crippen molar-refractivity contribution in [2.24, 2.45) is 0 Å². The summed E-state index contributed by atoms with van der Waals surface area (Å²) in [5, 5.41) is 3.87. The Morgan fingerprint density at radius 2 is 2.00 bits per heavy atom. The highest BCUT2D eigenvalue weighted by Crippen LogP contribution is 2.27. The van der Waals surface area contributed by atoms with Crippen LogP contribution in [0.1, 0.15) is 17.3 Å². The highest BCUT2D eigenvalue weighted by Gasteiger charge is 2.17. The summed E-state index contributed by atoms with van der Waals surface area (Å²) in [5.41, 5.74) is -0.247. The lowest BCUT2D eigenvalue weighted by molar-refractivity contribution is 0.102. The number of hydrogen-bond acceptors (Lipinski definition) is 4. The number of para-hydroxylation sites is 1. The number of fused-ring (bicyclic) bond motifs is 1. The first-order chi connectivity index (χ1) is 12.0. The molecule has 0 aliphatic carbocycles. The number of hydrogen-bond donors (Lipinski definition) is 1. The van der Waals surface area contributed by atoms with Crippen molar-refractivity contribution in [3.63, 3.8) is 0 Å². The Kier molecular flexibility index (Phi) is 4.97. The van der Waals surface area contributed by atoms with E-state index in [1.54, 1.807) is 30.3 Å². The first-order valence-electron chi connectivity index (χ1n) is 7.45. The highest BCUT2D eigenvalue weighted by molar-refractivity contribution is 6.36. The van der Waals surface area contributed by atoms with Crippen LogP contribution in [0.2, 0.25) is 10.0 Å². The monoisotopic (exact) mass is 377 g/mol. The molecule has 1 amide bonds. The summed E-state index contributed by atoms with van der Waals surface area (Å²) < 4.78 is 10.7. The van der Waals surface area contributed by atoms with Gasteiger partial charge in [0.25, 0.3) is 5.91 Å². The molecular weight excluding hydrogens is 365 g/mol. The van der Waals surface area contributed by atoms with Gasteiger partial charge in [-0.15, -0.1) is 0 Å². The zero-order valence-corrected chi connectivity index (χ0v) is 14.6. The second-order valence-electron chi connectivity index (χ2n) is 5.13. The molecule has 0 spiro atoms. The van der Waals surface area contributed by atoms with Gasteiger partial charge in [0, 0.05) is 10.4 Å². The maximum absolute atomic E-state index is 12.4. The molecule has 0 unspecified atom stereocenters. The Balaban J connectivity index is 1.99. The third-order valence-electron chi connectivity index (χ3n) is 3.45. The average molecular weight is 378 g/mol. The van der Waals surface area contributed by atoms with Gasteiger partial charge in [0.2, 0.25) is 0 Å². The van der Waals surface area contributed by atoms with Crippen molar-refractivity contribution in [2.45, 2.75) is 6.92 Å². The maximum Gasteiger partial charge on any atom is 0.349 e. The lowest BCUT2D eigenvalue weighted by atomic mass is 10.1. The van der Waals surface area contributed by atoms with Crippen LogP contribution in [0.3, 0.4) is 0 Å². The maximum atomic E-state index is 12.4. The number of anilines is 1. The van der Waals surface area contributed by atoms with Gasteiger partial charge in [-0.2, -0.15) is 0 Å². The van der Waals surface area contributed by atoms with Crippen LogP contribution in [0.25, 0.3) is 11.0 Å². The molecule has 0 aliphatic rings. The normalized spacial score (nSPS) is 10.7. The minimum absolute atomic E-state index is 0.132. The molecule has 128 valence electrons. The molecule has 1 aromatic heterocycles. The molecule has 7 heteroatoms. The minimum atomic E-state index is -0.762. The van der Waals surface area contributed by atoms with Gasteiger partial charge in [-0.3, -0.25) is 4.79 Å². The van der Waals surface area contributed by atoms with Crippen LogP contribution in [0.15, 0.2) is 51.7 Å². The molecule has 0 fully saturated rings. The fraction of sp³-hybridized carbons (Fsp3) is 0.111. The fourth-order valence-corrected chi connectivity index (χ4v) is 2.78. The molecule has 0 bridgehead atoms. The standard InChI is InChI=1S/C18H13Cl2NO4/c1-2-24-15-5-3-4-10-8-12(18(23)25-16(10)15)17(22)21-14-7-6-11(19)9-13(14)20/h3-9H,2H2,1H3,(H,21,22). The lowest BCUT2D eigenvalue weighted by Gasteiger charge is -2.09. The molecule has 2 aromatic carbocycles. The molecule has 1 N–H and O–H groups in total. The molecule has 0 aliphatic heterocycles. The van der Waals surface area contributed by atoms with Gasteiger partial charge < -0.3 is 14.5 Å². The van der Waals surface area contributed by atoms with Gasteiger partial charge in [-0.25, -0.2) is 4.79 Å². The van der Waals surface area contributed by atoms with Crippen LogP contribution in [0.5, 0.6) is 5.75 Å². The number of carbonyl (C=O) groups excluding carboxylic acids is 1. The van der Waals surface area contributed by atoms with Gasteiger partial charge in [0.15, 0.2) is 11.3 Å². The number of carbonyl (C=O) groups is 1. The number of rotatable bonds is 4. The van der Waals surface area contributed by atoms with E-state index in [-0.39, 0.29) is 10.6 Å². The Morgan fingerprint density at radius 1 is 1.20 bits per heavy atom. The summed E-state index contributed by atoms with van der Waals surface area (Å²) in [7, 11) is 0. The summed E-state index contributed by atoms with van der Waals surface area (Å²) in [6, 6.07) is 11.3. The van der Waals surface area contributed by atoms with Crippen LogP contribution in [-0.4, -0.2) is 12.5 Å². The lowest BCUT2D eigenvalue weighted by Crippen LogP contribution is -2.20. The van der Waals surface area contributed by atoms with E-state index >= 15 is 0 Å². The summed E-state index contributed by atoms with van der Waals surface area (Å²) in [6.45, 7) is 2.26. The third-order valence-corrected chi connectivity index (χ3v) is 4.00. The molecule has 0 radical (unpaired) electrons. The van der Waals surface area contributed by atoms with Crippen LogP contribution < -0.4 is 15.7 Å². The van der Waals surface area contributed by atoms with E-state index in [2.05, 4.69) is 5.32 Å². The predicted octanol–water partition coefficient (Wildman–Crippen LogP) is 4.75. The molecule has 3 rings (SSSR count). The largest absolute Gasteiger partial charge is 0.490 e. The smallest absolute Gasteiger partial charge is 0.349 e. The van der Waals surface area contributed by atoms with Crippen molar-refractivity contribution in [1.29, 1.82) is 0 Å². The molecule has 0 saturated carbocycles. The second-order valence-corrected chi connectivity index (χ2v) is 5.98. The number of halogens is 2. The molecule has 0 atom stereocenters. The van der Waals surface area contributed by atoms with Gasteiger partial charge in [0.1, 0.15) is 5.56 Å². The second kappa shape index (κ2) is 7.17. The number of benzene rings is 2. The highest BCUT2D eigenvalue weighted by atomic mass is 35.5. The van der Waals surface area contributed by atoms with Crippen molar-refractivity contribution in [3.8, 4) is 5.75 Å². The van der Waals surface area contributed by atoms with Crippen molar-refractivity contribution >= 4 is 45.8 Å². The first-order valence-corrected chi connectivity index (χ1v) is 8.21. The SMILES string of the molecule is CCOc1cccc2cc(C(=O)Nc3ccc(Cl)cc3Cl)c(=O)oc12. The number of ether oxygens (including phenoxy) is 1. The van der Waals surface area contributed by atoms with Crippen molar-refractivity contribution in [2.75, 3.05) is 11.9 Å². The summed E-state index contributed by atoms with van der Waals surface area (Å²) in [4.78, 5) is 24.7. The van der Waals surface area contributed by atoms with Crippen LogP contribution in [0.4, 0.5) is 5.69 Å². The van der Waals surface area contributed by atoms with E-state index in [1.807, 2.05) is 6.92 Å². The summed E-state index contributed by atoms with van der Waals surface area (Å²) >= 11 is 11.9. The summed E-state index contributed by atoms with van der Waals surface area (Å²) in [5.74, 6) is -0.175. The Labute approximate surface area is 153 Å². The molecular formula is C18H13Cl2NO4. The van der Waals surface area contributed by atoms with E-state index in [1.165, 1.54) is 12.1 Å². The predicted molar refractivity (Wildman–Crippen MR) is 98.1 cm³/mol. The average Bonchev–Trinajstić information content (AvgIpc) is 2.57. The quantitative estimate of drug-likeness (QED) is 0.666. The molecule has 0 saturated heterocycles. The van der Waals surface area contributed by atoms with Gasteiger partial charge in [-0.1, -0.05) is 35.3 Å². The van der Waals surface area contributed by atoms with Gasteiger partial charge in [0.05, 0.1) is 17.3 Å². The van der Waals surface area contributed by atoms with E-state index in [0.717, 1.165) is 0 Å². The third kappa shape index (κ3) is 3.62. The Bertz CT molecular complexity index is 1010. The first kappa shape index (κ1) is 17.3. The van der Waals surface area contributed by atoms with Gasteiger partial charge >= 0.3 is 5.63 Å². The number of nitrogens with one attached hydrogen (secondary N) is 1. The molecule has 3 aromatic rings. The van der Waals surface area contributed by atoms with E-state index < -0.39 is 11.5 Å². The summed E-state index contributed by atoms with van der Waals surface area (Å²) in [6.07, 6.45) is 0. The van der Waals surface area contributed by atoms with Crippen molar-refractivity contribution < 1.29 is 13.9 Å².